The third kappa shape index (κ3) is 5.14. The van der Waals surface area contributed by atoms with E-state index in [-0.39, 0.29) is 11.3 Å². The molecule has 5 heteroatoms. The highest BCUT2D eigenvalue weighted by molar-refractivity contribution is 5.82. The van der Waals surface area contributed by atoms with Crippen molar-refractivity contribution in [2.75, 3.05) is 6.61 Å². The van der Waals surface area contributed by atoms with Crippen LogP contribution < -0.4 is 9.47 Å². The number of hydrogen-bond donors (Lipinski definition) is 0. The van der Waals surface area contributed by atoms with E-state index in [1.54, 1.807) is 18.2 Å². The summed E-state index contributed by atoms with van der Waals surface area (Å²) in [7, 11) is 0. The van der Waals surface area contributed by atoms with E-state index in [2.05, 4.69) is 0 Å². The maximum atomic E-state index is 12.4. The molecule has 27 heavy (non-hydrogen) atoms. The van der Waals surface area contributed by atoms with E-state index in [9.17, 15) is 13.6 Å². The summed E-state index contributed by atoms with van der Waals surface area (Å²) in [5, 5.41) is 0. The Kier molecular flexibility index (Phi) is 6.15. The minimum absolute atomic E-state index is 0.137. The summed E-state index contributed by atoms with van der Waals surface area (Å²) in [5.74, 6) is 0.823. The normalized spacial score (nSPS) is 10.6. The van der Waals surface area contributed by atoms with Crippen LogP contribution in [-0.2, 0) is 6.61 Å². The maximum Gasteiger partial charge on any atom is 0.272 e. The predicted molar refractivity (Wildman–Crippen MR) is 99.5 cm³/mol. The van der Waals surface area contributed by atoms with E-state index in [0.717, 1.165) is 16.7 Å². The van der Waals surface area contributed by atoms with Crippen LogP contribution in [0.5, 0.6) is 11.5 Å². The topological polar surface area (TPSA) is 35.5 Å². The van der Waals surface area contributed by atoms with Crippen molar-refractivity contribution in [1.82, 2.24) is 0 Å². The van der Waals surface area contributed by atoms with Gasteiger partial charge in [-0.2, -0.15) is 0 Å². The van der Waals surface area contributed by atoms with Crippen LogP contribution in [0.15, 0.2) is 72.8 Å². The van der Waals surface area contributed by atoms with Crippen LogP contribution in [-0.4, -0.2) is 19.3 Å². The zero-order valence-electron chi connectivity index (χ0n) is 14.5. The van der Waals surface area contributed by atoms with Gasteiger partial charge in [0.2, 0.25) is 0 Å². The minimum atomic E-state index is -2.61. The Hall–Kier alpha value is -3.21. The molecule has 0 aliphatic heterocycles. The van der Waals surface area contributed by atoms with Gasteiger partial charge in [-0.3, -0.25) is 4.79 Å². The molecule has 0 fully saturated rings. The highest BCUT2D eigenvalue weighted by Gasteiger charge is 2.10. The van der Waals surface area contributed by atoms with Crippen LogP contribution in [0.3, 0.4) is 0 Å². The van der Waals surface area contributed by atoms with Crippen LogP contribution in [0.1, 0.15) is 15.9 Å². The first-order valence-corrected chi connectivity index (χ1v) is 8.43. The largest absolute Gasteiger partial charge is 0.489 e. The van der Waals surface area contributed by atoms with E-state index < -0.39 is 13.0 Å². The van der Waals surface area contributed by atoms with E-state index in [1.807, 2.05) is 54.6 Å². The first-order valence-electron chi connectivity index (χ1n) is 8.43. The van der Waals surface area contributed by atoms with Gasteiger partial charge in [0.05, 0.1) is 5.56 Å². The summed E-state index contributed by atoms with van der Waals surface area (Å²) in [5.41, 5.74) is 2.87. The van der Waals surface area contributed by atoms with Crippen molar-refractivity contribution in [1.29, 1.82) is 0 Å². The van der Waals surface area contributed by atoms with Gasteiger partial charge >= 0.3 is 0 Å². The molecule has 0 atom stereocenters. The lowest BCUT2D eigenvalue weighted by molar-refractivity contribution is 0.0809. The number of carbonyl (C=O) groups excluding carboxylic acids is 1. The summed E-state index contributed by atoms with van der Waals surface area (Å²) < 4.78 is 35.8. The second-order valence-corrected chi connectivity index (χ2v) is 5.87. The van der Waals surface area contributed by atoms with Crippen molar-refractivity contribution in [3.05, 3.63) is 83.9 Å². The lowest BCUT2D eigenvalue weighted by Crippen LogP contribution is -2.08. The Morgan fingerprint density at radius 2 is 1.63 bits per heavy atom. The fourth-order valence-electron chi connectivity index (χ4n) is 2.60. The molecule has 3 aromatic carbocycles. The van der Waals surface area contributed by atoms with Gasteiger partial charge < -0.3 is 9.47 Å². The molecular formula is C22H18F2O3. The number of aldehydes is 1. The van der Waals surface area contributed by atoms with E-state index in [4.69, 9.17) is 9.47 Å². The summed E-state index contributed by atoms with van der Waals surface area (Å²) in [6.07, 6.45) is -2.02. The van der Waals surface area contributed by atoms with Crippen LogP contribution in [0.25, 0.3) is 11.1 Å². The molecule has 0 spiro atoms. The molecular weight excluding hydrogens is 350 g/mol. The number of carbonyl (C=O) groups is 1. The highest BCUT2D eigenvalue weighted by atomic mass is 19.3. The Labute approximate surface area is 156 Å². The van der Waals surface area contributed by atoms with Crippen molar-refractivity contribution in [3.63, 3.8) is 0 Å². The third-order valence-electron chi connectivity index (χ3n) is 3.92. The zero-order valence-corrected chi connectivity index (χ0v) is 14.5. The van der Waals surface area contributed by atoms with E-state index in [0.29, 0.717) is 18.6 Å². The zero-order chi connectivity index (χ0) is 19.1. The van der Waals surface area contributed by atoms with E-state index >= 15 is 0 Å². The summed E-state index contributed by atoms with van der Waals surface area (Å²) in [6.45, 7) is -0.318. The molecule has 0 amide bonds. The van der Waals surface area contributed by atoms with Crippen molar-refractivity contribution in [2.45, 2.75) is 13.0 Å². The fourth-order valence-corrected chi connectivity index (χ4v) is 2.60. The molecule has 138 valence electrons. The van der Waals surface area contributed by atoms with Crippen LogP contribution >= 0.6 is 0 Å². The molecule has 0 saturated carbocycles. The number of ether oxygens (including phenoxy) is 2. The number of alkyl halides is 2. The average Bonchev–Trinajstić information content (AvgIpc) is 2.71. The molecule has 0 radical (unpaired) electrons. The monoisotopic (exact) mass is 368 g/mol. The maximum absolute atomic E-state index is 12.4. The molecule has 0 aliphatic rings. The first kappa shape index (κ1) is 18.6. The lowest BCUT2D eigenvalue weighted by atomic mass is 10.0. The first-order chi connectivity index (χ1) is 13.2. The van der Waals surface area contributed by atoms with Crippen molar-refractivity contribution < 1.29 is 23.0 Å². The molecule has 0 bridgehead atoms. The summed E-state index contributed by atoms with van der Waals surface area (Å²) >= 11 is 0. The quantitative estimate of drug-likeness (QED) is 0.500. The van der Waals surface area contributed by atoms with Crippen molar-refractivity contribution in [2.24, 2.45) is 0 Å². The summed E-state index contributed by atoms with van der Waals surface area (Å²) in [6, 6.07) is 22.1. The van der Waals surface area contributed by atoms with Gasteiger partial charge in [-0.05, 0) is 41.0 Å². The van der Waals surface area contributed by atoms with Crippen LogP contribution in [0.4, 0.5) is 8.78 Å². The molecule has 0 aromatic heterocycles. The minimum Gasteiger partial charge on any atom is -0.489 e. The van der Waals surface area contributed by atoms with Gasteiger partial charge in [0.25, 0.3) is 6.43 Å². The molecule has 0 heterocycles. The van der Waals surface area contributed by atoms with Gasteiger partial charge in [0, 0.05) is 0 Å². The van der Waals surface area contributed by atoms with E-state index in [1.165, 1.54) is 0 Å². The fraction of sp³-hybridized carbons (Fsp3) is 0.136. The summed E-state index contributed by atoms with van der Waals surface area (Å²) in [4.78, 5) is 11.1. The second-order valence-electron chi connectivity index (χ2n) is 5.87. The van der Waals surface area contributed by atoms with Crippen LogP contribution in [0.2, 0.25) is 0 Å². The predicted octanol–water partition coefficient (Wildman–Crippen LogP) is 5.39. The van der Waals surface area contributed by atoms with Gasteiger partial charge in [-0.25, -0.2) is 8.78 Å². The van der Waals surface area contributed by atoms with Gasteiger partial charge in [0.1, 0.15) is 24.7 Å². The standard InChI is InChI=1S/C22H18F2O3/c23-22(24)15-27-21-12-18(9-10-19(21)13-25)17-7-4-8-20(11-17)26-14-16-5-2-1-3-6-16/h1-13,22H,14-15H2. The molecule has 0 aliphatic carbocycles. The number of rotatable bonds is 8. The number of hydrogen-bond acceptors (Lipinski definition) is 3. The molecule has 0 unspecified atom stereocenters. The Morgan fingerprint density at radius 3 is 2.37 bits per heavy atom. The lowest BCUT2D eigenvalue weighted by Gasteiger charge is -2.12. The number of benzene rings is 3. The number of halogens is 2. The van der Waals surface area contributed by atoms with Gasteiger partial charge in [-0.1, -0.05) is 48.5 Å². The second kappa shape index (κ2) is 8.94. The molecule has 0 saturated heterocycles. The van der Waals surface area contributed by atoms with Gasteiger partial charge in [-0.15, -0.1) is 0 Å². The van der Waals surface area contributed by atoms with Crippen molar-refractivity contribution >= 4 is 6.29 Å². The average molecular weight is 368 g/mol. The Bertz CT molecular complexity index is 895. The highest BCUT2D eigenvalue weighted by Crippen LogP contribution is 2.29. The molecule has 3 nitrogen and oxygen atoms in total. The Morgan fingerprint density at radius 1 is 0.852 bits per heavy atom. The van der Waals surface area contributed by atoms with Crippen molar-refractivity contribution in [3.8, 4) is 22.6 Å². The van der Waals surface area contributed by atoms with Crippen LogP contribution in [0, 0.1) is 0 Å². The molecule has 3 aromatic rings. The molecule has 3 rings (SSSR count). The Balaban J connectivity index is 1.79. The third-order valence-corrected chi connectivity index (χ3v) is 3.92. The molecule has 0 N–H and O–H groups in total. The van der Waals surface area contributed by atoms with Gasteiger partial charge in [0.15, 0.2) is 6.29 Å². The smallest absolute Gasteiger partial charge is 0.272 e. The SMILES string of the molecule is O=Cc1ccc(-c2cccc(OCc3ccccc3)c2)cc1OCC(F)F.